The van der Waals surface area contributed by atoms with E-state index in [1.165, 1.54) is 43.2 Å². The van der Waals surface area contributed by atoms with Crippen LogP contribution in [-0.2, 0) is 0 Å². The second kappa shape index (κ2) is 7.08. The van der Waals surface area contributed by atoms with Crippen LogP contribution in [0.15, 0.2) is 47.3 Å². The number of likely N-dealkylation sites (N-methyl/N-ethyl adjacent to an activating group) is 1. The fraction of sp³-hybridized carbons (Fsp3) is 0.524. The van der Waals surface area contributed by atoms with Gasteiger partial charge in [0.2, 0.25) is 0 Å². The molecular weight excluding hydrogens is 294 g/mol. The van der Waals surface area contributed by atoms with Crippen LogP contribution in [0.2, 0.25) is 13.1 Å². The Bertz CT molecular complexity index is 608. The van der Waals surface area contributed by atoms with Gasteiger partial charge in [0, 0.05) is 7.05 Å². The zero-order valence-electron chi connectivity index (χ0n) is 15.2. The summed E-state index contributed by atoms with van der Waals surface area (Å²) in [6.45, 7) is 7.18. The summed E-state index contributed by atoms with van der Waals surface area (Å²) in [5.74, 6) is 0.929. The molecule has 0 amide bonds. The Balaban J connectivity index is 1.92. The highest BCUT2D eigenvalue weighted by molar-refractivity contribution is 6.65. The van der Waals surface area contributed by atoms with Crippen LogP contribution in [0.4, 0.5) is 0 Å². The molecule has 124 valence electrons. The van der Waals surface area contributed by atoms with Gasteiger partial charge in [0.25, 0.3) is 0 Å². The Hall–Kier alpha value is -1.28. The van der Waals surface area contributed by atoms with E-state index in [4.69, 9.17) is 0 Å². The molecule has 2 heteroatoms. The van der Waals surface area contributed by atoms with Gasteiger partial charge in [-0.1, -0.05) is 69.1 Å². The molecule has 0 bridgehead atoms. The van der Waals surface area contributed by atoms with Crippen LogP contribution in [0.1, 0.15) is 49.3 Å². The molecule has 0 aromatic heterocycles. The van der Waals surface area contributed by atoms with Crippen LogP contribution in [0, 0.1) is 12.8 Å². The molecule has 1 nitrogen and oxygen atoms in total. The number of nitrogens with zero attached hydrogens (tertiary/aromatic N) is 1. The van der Waals surface area contributed by atoms with Gasteiger partial charge in [0.15, 0.2) is 0 Å². The van der Waals surface area contributed by atoms with Gasteiger partial charge in [0.1, 0.15) is 0 Å². The lowest BCUT2D eigenvalue weighted by molar-refractivity contribution is 0.381. The molecule has 1 unspecified atom stereocenters. The summed E-state index contributed by atoms with van der Waals surface area (Å²) in [6, 6.07) is 9.27. The third kappa shape index (κ3) is 3.63. The zero-order chi connectivity index (χ0) is 16.4. The quantitative estimate of drug-likeness (QED) is 0.670. The van der Waals surface area contributed by atoms with Crippen LogP contribution in [0.3, 0.4) is 0 Å². The number of rotatable bonds is 4. The summed E-state index contributed by atoms with van der Waals surface area (Å²) < 4.78 is 0. The molecule has 2 aliphatic rings. The molecule has 0 radical (unpaired) electrons. The molecular formula is C21H31NSi. The van der Waals surface area contributed by atoms with Crippen molar-refractivity contribution >= 4 is 8.80 Å². The van der Waals surface area contributed by atoms with E-state index in [-0.39, 0.29) is 0 Å². The van der Waals surface area contributed by atoms with Crippen molar-refractivity contribution in [3.8, 4) is 0 Å². The van der Waals surface area contributed by atoms with Crippen LogP contribution >= 0.6 is 0 Å². The third-order valence-electron chi connectivity index (χ3n) is 5.62. The van der Waals surface area contributed by atoms with E-state index in [0.717, 1.165) is 5.92 Å². The molecule has 1 aromatic carbocycles. The first-order valence-corrected chi connectivity index (χ1v) is 12.1. The van der Waals surface area contributed by atoms with Crippen LogP contribution in [0.5, 0.6) is 0 Å². The molecule has 1 heterocycles. The lowest BCUT2D eigenvalue weighted by atomic mass is 9.91. The predicted molar refractivity (Wildman–Crippen MR) is 103 cm³/mol. The van der Waals surface area contributed by atoms with Crippen molar-refractivity contribution in [3.05, 3.63) is 58.4 Å². The van der Waals surface area contributed by atoms with Gasteiger partial charge in [-0.2, -0.15) is 0 Å². The Morgan fingerprint density at radius 3 is 2.48 bits per heavy atom. The minimum Gasteiger partial charge on any atom is -0.370 e. The van der Waals surface area contributed by atoms with Crippen LogP contribution in [0.25, 0.3) is 0 Å². The minimum atomic E-state index is -0.791. The van der Waals surface area contributed by atoms with Crippen molar-refractivity contribution < 1.29 is 0 Å². The third-order valence-corrected chi connectivity index (χ3v) is 7.39. The molecule has 0 N–H and O–H groups in total. The number of allylic oxidation sites excluding steroid dienone is 2. The molecule has 0 spiro atoms. The van der Waals surface area contributed by atoms with E-state index in [0.29, 0.717) is 6.04 Å². The van der Waals surface area contributed by atoms with Crippen LogP contribution in [-0.4, -0.2) is 20.7 Å². The van der Waals surface area contributed by atoms with Crippen molar-refractivity contribution in [3.63, 3.8) is 0 Å². The molecule has 1 aliphatic carbocycles. The first kappa shape index (κ1) is 16.6. The second-order valence-corrected chi connectivity index (χ2v) is 10.7. The molecule has 1 aromatic rings. The predicted octanol–water partition coefficient (Wildman–Crippen LogP) is 5.40. The summed E-state index contributed by atoms with van der Waals surface area (Å²) in [5.41, 5.74) is 4.53. The van der Waals surface area contributed by atoms with Crippen LogP contribution < -0.4 is 0 Å². The van der Waals surface area contributed by atoms with Gasteiger partial charge in [-0.3, -0.25) is 0 Å². The lowest BCUT2D eigenvalue weighted by Gasteiger charge is -2.34. The van der Waals surface area contributed by atoms with Gasteiger partial charge < -0.3 is 4.90 Å². The molecule has 23 heavy (non-hydrogen) atoms. The minimum absolute atomic E-state index is 0.407. The van der Waals surface area contributed by atoms with Gasteiger partial charge in [-0.25, -0.2) is 0 Å². The standard InChI is InChI=1S/C21H31NSi/c1-16-9-5-8-12-19(16)20-14-18(13-17-10-6-7-11-17)21(23(3)4)15-22(20)2/h5,8-9,12,14-15,17,20,23H,6-7,10-11,13H2,1-4H3. The van der Waals surface area contributed by atoms with Crippen molar-refractivity contribution in [1.82, 2.24) is 4.90 Å². The summed E-state index contributed by atoms with van der Waals surface area (Å²) in [5, 5.41) is 1.68. The second-order valence-electron chi connectivity index (χ2n) is 7.75. The van der Waals surface area contributed by atoms with E-state index in [1.807, 2.05) is 0 Å². The number of benzene rings is 1. The van der Waals surface area contributed by atoms with Crippen molar-refractivity contribution in [1.29, 1.82) is 0 Å². The number of hydrogen-bond acceptors (Lipinski definition) is 1. The Labute approximate surface area is 143 Å². The maximum atomic E-state index is 2.59. The Kier molecular flexibility index (Phi) is 5.10. The monoisotopic (exact) mass is 325 g/mol. The molecule has 1 fully saturated rings. The average Bonchev–Trinajstić information content (AvgIpc) is 3.02. The maximum absolute atomic E-state index is 2.59. The number of aryl methyl sites for hydroxylation is 1. The van der Waals surface area contributed by atoms with Gasteiger partial charge in [-0.15, -0.1) is 0 Å². The van der Waals surface area contributed by atoms with Gasteiger partial charge in [-0.05, 0) is 47.4 Å². The highest BCUT2D eigenvalue weighted by Crippen LogP contribution is 2.38. The maximum Gasteiger partial charge on any atom is 0.0726 e. The molecule has 1 atom stereocenters. The van der Waals surface area contributed by atoms with E-state index in [2.05, 4.69) is 68.5 Å². The Morgan fingerprint density at radius 2 is 1.83 bits per heavy atom. The van der Waals surface area contributed by atoms with Crippen molar-refractivity contribution in [2.24, 2.45) is 5.92 Å². The van der Waals surface area contributed by atoms with Crippen molar-refractivity contribution in [2.75, 3.05) is 7.05 Å². The zero-order valence-corrected chi connectivity index (χ0v) is 16.3. The molecule has 3 rings (SSSR count). The van der Waals surface area contributed by atoms with Gasteiger partial charge >= 0.3 is 0 Å². The Morgan fingerprint density at radius 1 is 1.13 bits per heavy atom. The molecule has 0 saturated heterocycles. The number of hydrogen-bond donors (Lipinski definition) is 0. The van der Waals surface area contributed by atoms with Crippen molar-refractivity contribution in [2.45, 2.75) is 58.2 Å². The summed E-state index contributed by atoms with van der Waals surface area (Å²) in [4.78, 5) is 2.43. The lowest BCUT2D eigenvalue weighted by Crippen LogP contribution is -2.26. The fourth-order valence-corrected chi connectivity index (χ4v) is 5.73. The largest absolute Gasteiger partial charge is 0.370 e. The van der Waals surface area contributed by atoms with E-state index >= 15 is 0 Å². The molecule has 1 aliphatic heterocycles. The summed E-state index contributed by atoms with van der Waals surface area (Å²) in [6.07, 6.45) is 12.1. The highest BCUT2D eigenvalue weighted by atomic mass is 28.3. The van der Waals surface area contributed by atoms with E-state index in [9.17, 15) is 0 Å². The average molecular weight is 326 g/mol. The summed E-state index contributed by atoms with van der Waals surface area (Å²) in [7, 11) is 1.46. The summed E-state index contributed by atoms with van der Waals surface area (Å²) >= 11 is 0. The van der Waals surface area contributed by atoms with Gasteiger partial charge in [0.05, 0.1) is 14.8 Å². The molecule has 1 saturated carbocycles. The van der Waals surface area contributed by atoms with E-state index in [1.54, 1.807) is 10.8 Å². The fourth-order valence-electron chi connectivity index (χ4n) is 4.25. The topological polar surface area (TPSA) is 3.24 Å². The first-order valence-electron chi connectivity index (χ1n) is 9.26. The highest BCUT2D eigenvalue weighted by Gasteiger charge is 2.26. The van der Waals surface area contributed by atoms with E-state index < -0.39 is 8.80 Å². The normalized spacial score (nSPS) is 22.5. The first-order chi connectivity index (χ1) is 11.1. The smallest absolute Gasteiger partial charge is 0.0726 e. The SMILES string of the molecule is Cc1ccccc1C1C=C(CC2CCCC2)C([SiH](C)C)=CN1C.